The van der Waals surface area contributed by atoms with Crippen LogP contribution in [-0.2, 0) is 4.79 Å². The van der Waals surface area contributed by atoms with Gasteiger partial charge in [-0.05, 0) is 61.2 Å². The van der Waals surface area contributed by atoms with E-state index in [9.17, 15) is 9.90 Å². The molecule has 0 saturated carbocycles. The Morgan fingerprint density at radius 1 is 1.14 bits per heavy atom. The second-order valence-corrected chi connectivity index (χ2v) is 5.13. The van der Waals surface area contributed by atoms with Crippen LogP contribution in [0.15, 0.2) is 42.5 Å². The molecule has 0 heterocycles. The molecule has 114 valence electrons. The van der Waals surface area contributed by atoms with Gasteiger partial charge in [-0.1, -0.05) is 30.3 Å². The Hall–Kier alpha value is -2.55. The highest BCUT2D eigenvalue weighted by Crippen LogP contribution is 2.26. The van der Waals surface area contributed by atoms with Gasteiger partial charge in [0.25, 0.3) is 0 Å². The van der Waals surface area contributed by atoms with E-state index < -0.39 is 5.97 Å². The smallest absolute Gasteiger partial charge is 0.336 e. The van der Waals surface area contributed by atoms with E-state index in [2.05, 4.69) is 0 Å². The van der Waals surface area contributed by atoms with Gasteiger partial charge in [-0.15, -0.1) is 0 Å². The van der Waals surface area contributed by atoms with Crippen molar-refractivity contribution in [1.82, 2.24) is 0 Å². The Balaban J connectivity index is 2.49. The Kier molecular flexibility index (Phi) is 4.99. The highest BCUT2D eigenvalue weighted by atomic mass is 16.5. The molecule has 2 rings (SSSR count). The van der Waals surface area contributed by atoms with Crippen LogP contribution in [0.1, 0.15) is 29.2 Å². The lowest BCUT2D eigenvalue weighted by atomic mass is 9.97. The van der Waals surface area contributed by atoms with Gasteiger partial charge in [-0.3, -0.25) is 0 Å². The van der Waals surface area contributed by atoms with Gasteiger partial charge in [0.1, 0.15) is 5.75 Å². The zero-order valence-electron chi connectivity index (χ0n) is 13.1. The molecule has 0 spiro atoms. The van der Waals surface area contributed by atoms with Crippen LogP contribution in [0, 0.1) is 13.8 Å². The number of aryl methyl sites for hydroxylation is 2. The lowest BCUT2D eigenvalue weighted by Crippen LogP contribution is -2.02. The number of carbonyl (C=O) groups is 1. The molecule has 0 unspecified atom stereocenters. The van der Waals surface area contributed by atoms with Crippen molar-refractivity contribution >= 4 is 17.6 Å². The summed E-state index contributed by atoms with van der Waals surface area (Å²) < 4.78 is 5.45. The van der Waals surface area contributed by atoms with Gasteiger partial charge in [0.15, 0.2) is 0 Å². The number of benzene rings is 2. The van der Waals surface area contributed by atoms with Crippen LogP contribution >= 0.6 is 0 Å². The van der Waals surface area contributed by atoms with Crippen LogP contribution in [-0.4, -0.2) is 17.7 Å². The molecule has 0 amide bonds. The van der Waals surface area contributed by atoms with Crippen LogP contribution < -0.4 is 4.74 Å². The fraction of sp³-hybridized carbons (Fsp3) is 0.211. The number of rotatable bonds is 5. The van der Waals surface area contributed by atoms with Gasteiger partial charge >= 0.3 is 5.97 Å². The SMILES string of the molecule is CCOc1ccc(/C(=C/c2ccccc2C)C(=O)O)c(C)c1. The van der Waals surface area contributed by atoms with E-state index in [-0.39, 0.29) is 5.57 Å². The lowest BCUT2D eigenvalue weighted by molar-refractivity contribution is -0.130. The second-order valence-electron chi connectivity index (χ2n) is 5.13. The molecule has 0 radical (unpaired) electrons. The first-order chi connectivity index (χ1) is 10.5. The first-order valence-electron chi connectivity index (χ1n) is 7.27. The molecule has 3 heteroatoms. The quantitative estimate of drug-likeness (QED) is 0.660. The minimum atomic E-state index is -0.935. The number of carboxylic acids is 1. The third-order valence-electron chi connectivity index (χ3n) is 3.52. The van der Waals surface area contributed by atoms with Gasteiger partial charge in [-0.25, -0.2) is 4.79 Å². The summed E-state index contributed by atoms with van der Waals surface area (Å²) in [5.74, 6) is -0.181. The Labute approximate surface area is 130 Å². The van der Waals surface area contributed by atoms with Gasteiger partial charge < -0.3 is 9.84 Å². The Morgan fingerprint density at radius 3 is 2.45 bits per heavy atom. The van der Waals surface area contributed by atoms with E-state index in [4.69, 9.17) is 4.74 Å². The van der Waals surface area contributed by atoms with Crippen LogP contribution in [0.2, 0.25) is 0 Å². The summed E-state index contributed by atoms with van der Waals surface area (Å²) in [5.41, 5.74) is 3.83. The van der Waals surface area contributed by atoms with Gasteiger partial charge in [0.05, 0.1) is 12.2 Å². The molecule has 0 atom stereocenters. The predicted octanol–water partition coefficient (Wildman–Crippen LogP) is 4.33. The normalized spacial score (nSPS) is 11.3. The summed E-state index contributed by atoms with van der Waals surface area (Å²) in [7, 11) is 0. The maximum absolute atomic E-state index is 11.7. The molecule has 2 aromatic carbocycles. The minimum Gasteiger partial charge on any atom is -0.494 e. The summed E-state index contributed by atoms with van der Waals surface area (Å²) in [5, 5.41) is 9.58. The number of aliphatic carboxylic acids is 1. The summed E-state index contributed by atoms with van der Waals surface area (Å²) in [6.45, 7) is 6.37. The molecular weight excluding hydrogens is 276 g/mol. The Morgan fingerprint density at radius 2 is 1.86 bits per heavy atom. The van der Waals surface area contributed by atoms with Crippen molar-refractivity contribution in [3.8, 4) is 5.75 Å². The van der Waals surface area contributed by atoms with Crippen molar-refractivity contribution in [2.24, 2.45) is 0 Å². The largest absolute Gasteiger partial charge is 0.494 e. The van der Waals surface area contributed by atoms with E-state index in [0.29, 0.717) is 12.2 Å². The molecule has 0 fully saturated rings. The molecule has 2 aromatic rings. The van der Waals surface area contributed by atoms with Crippen LogP contribution in [0.3, 0.4) is 0 Å². The summed E-state index contributed by atoms with van der Waals surface area (Å²) in [6.07, 6.45) is 1.72. The van der Waals surface area contributed by atoms with Crippen LogP contribution in [0.5, 0.6) is 5.75 Å². The molecule has 3 nitrogen and oxygen atoms in total. The number of carboxylic acid groups (broad SMARTS) is 1. The van der Waals surface area contributed by atoms with E-state index in [1.807, 2.05) is 51.1 Å². The molecule has 0 aliphatic heterocycles. The number of hydrogen-bond donors (Lipinski definition) is 1. The zero-order valence-corrected chi connectivity index (χ0v) is 13.1. The van der Waals surface area contributed by atoms with E-state index >= 15 is 0 Å². The van der Waals surface area contributed by atoms with Crippen molar-refractivity contribution < 1.29 is 14.6 Å². The van der Waals surface area contributed by atoms with E-state index in [1.165, 1.54) is 0 Å². The molecule has 1 N–H and O–H groups in total. The highest BCUT2D eigenvalue weighted by Gasteiger charge is 2.14. The lowest BCUT2D eigenvalue weighted by Gasteiger charge is -2.10. The first kappa shape index (κ1) is 15.8. The van der Waals surface area contributed by atoms with E-state index in [0.717, 1.165) is 22.4 Å². The Bertz CT molecular complexity index is 714. The average Bonchev–Trinajstić information content (AvgIpc) is 2.47. The predicted molar refractivity (Wildman–Crippen MR) is 89.0 cm³/mol. The molecule has 0 aliphatic carbocycles. The topological polar surface area (TPSA) is 46.5 Å². The third-order valence-corrected chi connectivity index (χ3v) is 3.52. The zero-order chi connectivity index (χ0) is 16.1. The standard InChI is InChI=1S/C19H20O3/c1-4-22-16-9-10-17(14(3)11-16)18(19(20)21)12-15-8-6-5-7-13(15)2/h5-12H,4H2,1-3H3,(H,20,21)/b18-12-. The maximum Gasteiger partial charge on any atom is 0.336 e. The summed E-state index contributed by atoms with van der Waals surface area (Å²) >= 11 is 0. The monoisotopic (exact) mass is 296 g/mol. The molecule has 0 aromatic heterocycles. The second kappa shape index (κ2) is 6.94. The first-order valence-corrected chi connectivity index (χ1v) is 7.27. The summed E-state index contributed by atoms with van der Waals surface area (Å²) in [6, 6.07) is 13.2. The number of hydrogen-bond acceptors (Lipinski definition) is 2. The van der Waals surface area contributed by atoms with Crippen molar-refractivity contribution in [2.75, 3.05) is 6.61 Å². The van der Waals surface area contributed by atoms with Gasteiger partial charge in [0.2, 0.25) is 0 Å². The summed E-state index contributed by atoms with van der Waals surface area (Å²) in [4.78, 5) is 11.7. The molecule has 0 bridgehead atoms. The molecule has 22 heavy (non-hydrogen) atoms. The van der Waals surface area contributed by atoms with Gasteiger partial charge in [-0.2, -0.15) is 0 Å². The fourth-order valence-electron chi connectivity index (χ4n) is 2.35. The van der Waals surface area contributed by atoms with Crippen LogP contribution in [0.25, 0.3) is 11.6 Å². The fourth-order valence-corrected chi connectivity index (χ4v) is 2.35. The molecule has 0 aliphatic rings. The molecular formula is C19H20O3. The third kappa shape index (κ3) is 3.55. The molecule has 0 saturated heterocycles. The average molecular weight is 296 g/mol. The van der Waals surface area contributed by atoms with Crippen molar-refractivity contribution in [3.05, 3.63) is 64.7 Å². The van der Waals surface area contributed by atoms with E-state index in [1.54, 1.807) is 18.2 Å². The van der Waals surface area contributed by atoms with Crippen molar-refractivity contribution in [3.63, 3.8) is 0 Å². The minimum absolute atomic E-state index is 0.287. The van der Waals surface area contributed by atoms with Crippen molar-refractivity contribution in [1.29, 1.82) is 0 Å². The number of ether oxygens (including phenoxy) is 1. The highest BCUT2D eigenvalue weighted by molar-refractivity contribution is 6.21. The van der Waals surface area contributed by atoms with Crippen LogP contribution in [0.4, 0.5) is 0 Å². The maximum atomic E-state index is 11.7. The van der Waals surface area contributed by atoms with Gasteiger partial charge in [0, 0.05) is 0 Å². The van der Waals surface area contributed by atoms with Crippen molar-refractivity contribution in [2.45, 2.75) is 20.8 Å².